The Hall–Kier alpha value is -2.73. The number of likely N-dealkylation sites (tertiary alicyclic amines) is 1. The van der Waals surface area contributed by atoms with E-state index in [2.05, 4.69) is 36.6 Å². The van der Waals surface area contributed by atoms with Crippen LogP contribution < -0.4 is 10.6 Å². The first kappa shape index (κ1) is 22.9. The average molecular weight is 438 g/mol. The fourth-order valence-electron chi connectivity index (χ4n) is 3.75. The first-order valence-corrected chi connectivity index (χ1v) is 11.3. The number of rotatable bonds is 6. The Balaban J connectivity index is 1.52. The largest absolute Gasteiger partial charge is 0.339 e. The molecule has 0 radical (unpaired) electrons. The minimum absolute atomic E-state index is 0.0631. The molecule has 0 spiro atoms. The summed E-state index contributed by atoms with van der Waals surface area (Å²) in [6.45, 7) is 7.91. The van der Waals surface area contributed by atoms with Crippen molar-refractivity contribution in [1.82, 2.24) is 10.2 Å². The van der Waals surface area contributed by atoms with Crippen molar-refractivity contribution < 1.29 is 9.59 Å². The van der Waals surface area contributed by atoms with Crippen molar-refractivity contribution in [2.24, 2.45) is 5.92 Å². The van der Waals surface area contributed by atoms with Crippen molar-refractivity contribution in [1.29, 1.82) is 0 Å². The van der Waals surface area contributed by atoms with Crippen molar-refractivity contribution in [3.05, 3.63) is 65.2 Å². The first-order valence-electron chi connectivity index (χ1n) is 10.9. The molecule has 1 heterocycles. The normalized spacial score (nSPS) is 14.4. The van der Waals surface area contributed by atoms with Gasteiger partial charge in [-0.1, -0.05) is 38.1 Å². The maximum absolute atomic E-state index is 12.6. The molecule has 2 aromatic rings. The monoisotopic (exact) mass is 437 g/mol. The first-order chi connectivity index (χ1) is 14.8. The van der Waals surface area contributed by atoms with E-state index < -0.39 is 0 Å². The number of hydrogen-bond acceptors (Lipinski definition) is 3. The number of nitrogens with one attached hydrogen (secondary N) is 2. The zero-order valence-corrected chi connectivity index (χ0v) is 19.3. The molecule has 0 aromatic heterocycles. The van der Waals surface area contributed by atoms with Crippen LogP contribution in [0.1, 0.15) is 61.0 Å². The Morgan fingerprint density at radius 3 is 2.16 bits per heavy atom. The zero-order chi connectivity index (χ0) is 22.4. The van der Waals surface area contributed by atoms with E-state index in [1.54, 1.807) is 24.3 Å². The third-order valence-electron chi connectivity index (χ3n) is 5.54. The predicted molar refractivity (Wildman–Crippen MR) is 129 cm³/mol. The maximum Gasteiger partial charge on any atom is 0.253 e. The van der Waals surface area contributed by atoms with Crippen LogP contribution in [0.25, 0.3) is 0 Å². The summed E-state index contributed by atoms with van der Waals surface area (Å²) >= 11 is 5.30. The molecule has 2 aromatic carbocycles. The third kappa shape index (κ3) is 6.37. The molecule has 31 heavy (non-hydrogen) atoms. The van der Waals surface area contributed by atoms with Gasteiger partial charge >= 0.3 is 0 Å². The Morgan fingerprint density at radius 1 is 0.968 bits per heavy atom. The number of nitrogens with zero attached hydrogens (tertiary/aromatic N) is 1. The van der Waals surface area contributed by atoms with Crippen LogP contribution in [0.3, 0.4) is 0 Å². The molecule has 2 amide bonds. The molecule has 5 nitrogen and oxygen atoms in total. The molecule has 0 bridgehead atoms. The second-order valence-electron chi connectivity index (χ2n) is 8.58. The second-order valence-corrected chi connectivity index (χ2v) is 8.99. The van der Waals surface area contributed by atoms with Crippen LogP contribution in [0.5, 0.6) is 0 Å². The van der Waals surface area contributed by atoms with E-state index in [0.29, 0.717) is 11.5 Å². The fraction of sp³-hybridized carbons (Fsp3) is 0.400. The van der Waals surface area contributed by atoms with Gasteiger partial charge in [-0.05, 0) is 79.7 Å². The molecular formula is C25H31N3O2S. The average Bonchev–Trinajstić information content (AvgIpc) is 3.28. The van der Waals surface area contributed by atoms with Gasteiger partial charge in [0.15, 0.2) is 5.11 Å². The summed E-state index contributed by atoms with van der Waals surface area (Å²) in [5, 5.41) is 6.02. The van der Waals surface area contributed by atoms with Gasteiger partial charge in [-0.25, -0.2) is 0 Å². The smallest absolute Gasteiger partial charge is 0.253 e. The standard InChI is InChI=1S/C25H31N3O2S/c1-17(2)16-19-6-8-20(9-7-19)18(3)23(29)27-25(31)26-22-12-10-21(11-13-22)24(30)28-14-4-5-15-28/h6-13,17-18H,4-5,14-16H2,1-3H3,(H2,26,27,29,31). The SMILES string of the molecule is CC(C)Cc1ccc(C(C)C(=O)NC(=S)Nc2ccc(C(=O)N3CCCC3)cc2)cc1. The van der Waals surface area contributed by atoms with Crippen LogP contribution in [-0.4, -0.2) is 34.9 Å². The Kier molecular flexibility index (Phi) is 7.80. The van der Waals surface area contributed by atoms with Gasteiger partial charge in [0.25, 0.3) is 5.91 Å². The molecule has 0 saturated carbocycles. The quantitative estimate of drug-likeness (QED) is 0.641. The number of carbonyl (C=O) groups is 2. The van der Waals surface area contributed by atoms with E-state index >= 15 is 0 Å². The second kappa shape index (κ2) is 10.5. The van der Waals surface area contributed by atoms with Gasteiger partial charge in [0.1, 0.15) is 0 Å². The van der Waals surface area contributed by atoms with E-state index in [1.165, 1.54) is 5.56 Å². The molecule has 3 rings (SSSR count). The number of anilines is 1. The van der Waals surface area contributed by atoms with Crippen molar-refractivity contribution >= 4 is 34.8 Å². The van der Waals surface area contributed by atoms with Gasteiger partial charge in [-0.15, -0.1) is 0 Å². The highest BCUT2D eigenvalue weighted by atomic mass is 32.1. The molecule has 0 aliphatic carbocycles. The lowest BCUT2D eigenvalue weighted by Crippen LogP contribution is -2.36. The highest BCUT2D eigenvalue weighted by Gasteiger charge is 2.19. The van der Waals surface area contributed by atoms with E-state index in [1.807, 2.05) is 24.0 Å². The molecule has 164 valence electrons. The minimum atomic E-state index is -0.312. The van der Waals surface area contributed by atoms with Gasteiger partial charge in [0.2, 0.25) is 5.91 Å². The van der Waals surface area contributed by atoms with Crippen LogP contribution >= 0.6 is 12.2 Å². The van der Waals surface area contributed by atoms with Crippen LogP contribution in [-0.2, 0) is 11.2 Å². The number of hydrogen-bond donors (Lipinski definition) is 2. The van der Waals surface area contributed by atoms with Gasteiger partial charge in [0.05, 0.1) is 5.92 Å². The predicted octanol–water partition coefficient (Wildman–Crippen LogP) is 4.74. The van der Waals surface area contributed by atoms with E-state index in [-0.39, 0.29) is 22.8 Å². The van der Waals surface area contributed by atoms with E-state index in [9.17, 15) is 9.59 Å². The Bertz CT molecular complexity index is 917. The molecule has 1 fully saturated rings. The molecule has 1 aliphatic rings. The summed E-state index contributed by atoms with van der Waals surface area (Å²) in [5.74, 6) is 0.193. The summed E-state index contributed by atoms with van der Waals surface area (Å²) < 4.78 is 0. The summed E-state index contributed by atoms with van der Waals surface area (Å²) in [6, 6.07) is 15.4. The number of benzene rings is 2. The van der Waals surface area contributed by atoms with Gasteiger partial charge in [-0.2, -0.15) is 0 Å². The molecule has 1 unspecified atom stereocenters. The van der Waals surface area contributed by atoms with Crippen LogP contribution in [0.4, 0.5) is 5.69 Å². The number of carbonyl (C=O) groups excluding carboxylic acids is 2. The Labute approximate surface area is 190 Å². The lowest BCUT2D eigenvalue weighted by molar-refractivity contribution is -0.120. The van der Waals surface area contributed by atoms with Crippen LogP contribution in [0.2, 0.25) is 0 Å². The molecule has 2 N–H and O–H groups in total. The summed E-state index contributed by atoms with van der Waals surface area (Å²) in [4.78, 5) is 26.9. The van der Waals surface area contributed by atoms with Crippen molar-refractivity contribution in [2.45, 2.75) is 46.0 Å². The third-order valence-corrected chi connectivity index (χ3v) is 5.74. The highest BCUT2D eigenvalue weighted by Crippen LogP contribution is 2.18. The molecular weight excluding hydrogens is 406 g/mol. The lowest BCUT2D eigenvalue weighted by atomic mass is 9.96. The van der Waals surface area contributed by atoms with Crippen molar-refractivity contribution in [2.75, 3.05) is 18.4 Å². The zero-order valence-electron chi connectivity index (χ0n) is 18.5. The Morgan fingerprint density at radius 2 is 1.58 bits per heavy atom. The van der Waals surface area contributed by atoms with Gasteiger partial charge in [0, 0.05) is 24.3 Å². The van der Waals surface area contributed by atoms with Crippen molar-refractivity contribution in [3.63, 3.8) is 0 Å². The highest BCUT2D eigenvalue weighted by molar-refractivity contribution is 7.80. The summed E-state index contributed by atoms with van der Waals surface area (Å²) in [6.07, 6.45) is 3.16. The number of amides is 2. The van der Waals surface area contributed by atoms with Crippen LogP contribution in [0, 0.1) is 5.92 Å². The molecule has 6 heteroatoms. The molecule has 1 aliphatic heterocycles. The summed E-state index contributed by atoms with van der Waals surface area (Å²) in [5.41, 5.74) is 3.62. The maximum atomic E-state index is 12.6. The van der Waals surface area contributed by atoms with Gasteiger partial charge in [-0.3, -0.25) is 9.59 Å². The van der Waals surface area contributed by atoms with Crippen LogP contribution in [0.15, 0.2) is 48.5 Å². The number of thiocarbonyl (C=S) groups is 1. The fourth-order valence-corrected chi connectivity index (χ4v) is 3.97. The van der Waals surface area contributed by atoms with Gasteiger partial charge < -0.3 is 15.5 Å². The topological polar surface area (TPSA) is 61.4 Å². The van der Waals surface area contributed by atoms with Crippen molar-refractivity contribution in [3.8, 4) is 0 Å². The minimum Gasteiger partial charge on any atom is -0.339 e. The lowest BCUT2D eigenvalue weighted by Gasteiger charge is -2.16. The summed E-state index contributed by atoms with van der Waals surface area (Å²) in [7, 11) is 0. The molecule has 1 atom stereocenters. The molecule has 1 saturated heterocycles. The van der Waals surface area contributed by atoms with E-state index in [4.69, 9.17) is 12.2 Å². The van der Waals surface area contributed by atoms with E-state index in [0.717, 1.165) is 43.6 Å².